The zero-order chi connectivity index (χ0) is 13.4. The third-order valence-corrected chi connectivity index (χ3v) is 3.72. The van der Waals surface area contributed by atoms with E-state index in [2.05, 4.69) is 20.1 Å². The van der Waals surface area contributed by atoms with Crippen LogP contribution in [0.25, 0.3) is 5.65 Å². The van der Waals surface area contributed by atoms with Gasteiger partial charge in [0, 0.05) is 18.9 Å². The average Bonchev–Trinajstić information content (AvgIpc) is 2.81. The van der Waals surface area contributed by atoms with Crippen molar-refractivity contribution in [2.45, 2.75) is 39.2 Å². The molecule has 19 heavy (non-hydrogen) atoms. The number of carbonyl (C=O) groups is 1. The van der Waals surface area contributed by atoms with Crippen LogP contribution >= 0.6 is 0 Å². The molecule has 1 atom stereocenters. The second-order valence-corrected chi connectivity index (χ2v) is 5.01. The average molecular weight is 259 g/mol. The van der Waals surface area contributed by atoms with Crippen molar-refractivity contribution in [3.63, 3.8) is 0 Å². The Bertz CT molecular complexity index is 621. The first-order valence-electron chi connectivity index (χ1n) is 6.62. The van der Waals surface area contributed by atoms with E-state index < -0.39 is 0 Å². The number of hydrogen-bond acceptors (Lipinski definition) is 5. The molecule has 6 heteroatoms. The van der Waals surface area contributed by atoms with E-state index in [0.29, 0.717) is 0 Å². The summed E-state index contributed by atoms with van der Waals surface area (Å²) in [6.07, 6.45) is 6.66. The quantitative estimate of drug-likeness (QED) is 0.815. The largest absolute Gasteiger partial charge is 0.343 e. The summed E-state index contributed by atoms with van der Waals surface area (Å²) in [6, 6.07) is -0.0792. The fraction of sp³-hybridized carbons (Fsp3) is 0.538. The first-order chi connectivity index (χ1) is 9.18. The summed E-state index contributed by atoms with van der Waals surface area (Å²) in [6.45, 7) is 4.41. The van der Waals surface area contributed by atoms with Crippen molar-refractivity contribution < 1.29 is 4.79 Å². The minimum Gasteiger partial charge on any atom is -0.343 e. The Morgan fingerprint density at radius 2 is 2.21 bits per heavy atom. The van der Waals surface area contributed by atoms with Crippen LogP contribution in [0.15, 0.2) is 12.4 Å². The third kappa shape index (κ3) is 1.97. The van der Waals surface area contributed by atoms with Gasteiger partial charge in [-0.3, -0.25) is 9.20 Å². The summed E-state index contributed by atoms with van der Waals surface area (Å²) in [5, 5.41) is 8.27. The standard InChI is InChI=1S/C13H17N5O/c1-9(19)11-5-3-4-7-18(11)12-13-16-15-10(2)17(13)8-6-14-12/h6,8,11H,3-5,7H2,1-2H3. The number of piperidine rings is 1. The molecule has 0 saturated carbocycles. The van der Waals surface area contributed by atoms with Gasteiger partial charge in [0.25, 0.3) is 0 Å². The first-order valence-corrected chi connectivity index (χ1v) is 6.62. The van der Waals surface area contributed by atoms with E-state index in [1.165, 1.54) is 0 Å². The van der Waals surface area contributed by atoms with Crippen LogP contribution in [0.4, 0.5) is 5.82 Å². The van der Waals surface area contributed by atoms with Crippen LogP contribution in [-0.2, 0) is 4.79 Å². The highest BCUT2D eigenvalue weighted by Gasteiger charge is 2.29. The van der Waals surface area contributed by atoms with Gasteiger partial charge >= 0.3 is 0 Å². The van der Waals surface area contributed by atoms with Crippen LogP contribution in [-0.4, -0.2) is 38.0 Å². The lowest BCUT2D eigenvalue weighted by molar-refractivity contribution is -0.118. The number of hydrogen-bond donors (Lipinski definition) is 0. The van der Waals surface area contributed by atoms with Crippen molar-refractivity contribution >= 4 is 17.2 Å². The summed E-state index contributed by atoms with van der Waals surface area (Å²) < 4.78 is 1.91. The van der Waals surface area contributed by atoms with Gasteiger partial charge in [-0.05, 0) is 33.1 Å². The predicted molar refractivity (Wildman–Crippen MR) is 71.2 cm³/mol. The Morgan fingerprint density at radius 3 is 3.00 bits per heavy atom. The summed E-state index contributed by atoms with van der Waals surface area (Å²) in [5.74, 6) is 1.79. The van der Waals surface area contributed by atoms with Gasteiger partial charge in [-0.25, -0.2) is 4.98 Å². The van der Waals surface area contributed by atoms with Crippen molar-refractivity contribution in [1.82, 2.24) is 19.6 Å². The van der Waals surface area contributed by atoms with Gasteiger partial charge in [-0.1, -0.05) is 0 Å². The Labute approximate surface area is 111 Å². The normalized spacial score (nSPS) is 19.9. The lowest BCUT2D eigenvalue weighted by Gasteiger charge is -2.34. The smallest absolute Gasteiger partial charge is 0.203 e. The molecule has 0 N–H and O–H groups in total. The molecule has 2 aromatic rings. The van der Waals surface area contributed by atoms with Crippen LogP contribution in [0.1, 0.15) is 32.0 Å². The Morgan fingerprint density at radius 1 is 1.37 bits per heavy atom. The minimum absolute atomic E-state index is 0.0792. The summed E-state index contributed by atoms with van der Waals surface area (Å²) in [4.78, 5) is 18.3. The number of Topliss-reactive ketones (excluding diaryl/α,β-unsaturated/α-hetero) is 1. The van der Waals surface area contributed by atoms with Gasteiger partial charge in [0.05, 0.1) is 6.04 Å². The number of anilines is 1. The van der Waals surface area contributed by atoms with E-state index in [9.17, 15) is 4.79 Å². The fourth-order valence-electron chi connectivity index (χ4n) is 2.74. The third-order valence-electron chi connectivity index (χ3n) is 3.72. The van der Waals surface area contributed by atoms with E-state index in [-0.39, 0.29) is 11.8 Å². The number of aromatic nitrogens is 4. The van der Waals surface area contributed by atoms with Crippen molar-refractivity contribution in [2.24, 2.45) is 0 Å². The van der Waals surface area contributed by atoms with Crippen LogP contribution in [0, 0.1) is 6.92 Å². The predicted octanol–water partition coefficient (Wildman–Crippen LogP) is 1.38. The van der Waals surface area contributed by atoms with Gasteiger partial charge in [-0.2, -0.15) is 0 Å². The SMILES string of the molecule is CC(=O)C1CCCCN1c1nccn2c(C)nnc12. The molecule has 2 aromatic heterocycles. The zero-order valence-electron chi connectivity index (χ0n) is 11.2. The molecule has 1 saturated heterocycles. The number of ketones is 1. The molecule has 0 radical (unpaired) electrons. The molecule has 0 spiro atoms. The molecule has 0 aromatic carbocycles. The van der Waals surface area contributed by atoms with Crippen LogP contribution in [0.2, 0.25) is 0 Å². The molecule has 0 amide bonds. The maximum absolute atomic E-state index is 11.8. The van der Waals surface area contributed by atoms with E-state index in [4.69, 9.17) is 0 Å². The number of carbonyl (C=O) groups excluding carboxylic acids is 1. The highest BCUT2D eigenvalue weighted by Crippen LogP contribution is 2.26. The van der Waals surface area contributed by atoms with Crippen LogP contribution in [0.3, 0.4) is 0 Å². The minimum atomic E-state index is -0.0792. The number of aryl methyl sites for hydroxylation is 1. The van der Waals surface area contributed by atoms with Gasteiger partial charge in [0.15, 0.2) is 11.6 Å². The molecular formula is C13H17N5O. The maximum Gasteiger partial charge on any atom is 0.203 e. The topological polar surface area (TPSA) is 63.4 Å². The molecule has 1 fully saturated rings. The van der Waals surface area contributed by atoms with Gasteiger partial charge in [0.2, 0.25) is 5.65 Å². The first kappa shape index (κ1) is 12.1. The highest BCUT2D eigenvalue weighted by molar-refractivity contribution is 5.86. The van der Waals surface area contributed by atoms with Gasteiger partial charge in [-0.15, -0.1) is 10.2 Å². The second-order valence-electron chi connectivity index (χ2n) is 5.01. The van der Waals surface area contributed by atoms with Crippen LogP contribution in [0.5, 0.6) is 0 Å². The summed E-state index contributed by atoms with van der Waals surface area (Å²) >= 11 is 0. The van der Waals surface area contributed by atoms with Crippen molar-refractivity contribution in [3.05, 3.63) is 18.2 Å². The van der Waals surface area contributed by atoms with Crippen molar-refractivity contribution in [2.75, 3.05) is 11.4 Å². The van der Waals surface area contributed by atoms with E-state index >= 15 is 0 Å². The summed E-state index contributed by atoms with van der Waals surface area (Å²) in [7, 11) is 0. The number of rotatable bonds is 2. The molecule has 1 aliphatic heterocycles. The summed E-state index contributed by atoms with van der Waals surface area (Å²) in [5.41, 5.74) is 0.730. The zero-order valence-corrected chi connectivity index (χ0v) is 11.2. The molecule has 100 valence electrons. The molecule has 3 rings (SSSR count). The van der Waals surface area contributed by atoms with Crippen LogP contribution < -0.4 is 4.90 Å². The molecule has 0 bridgehead atoms. The van der Waals surface area contributed by atoms with E-state index in [0.717, 1.165) is 43.1 Å². The number of fused-ring (bicyclic) bond motifs is 1. The number of nitrogens with zero attached hydrogens (tertiary/aromatic N) is 5. The fourth-order valence-corrected chi connectivity index (χ4v) is 2.74. The lowest BCUT2D eigenvalue weighted by Crippen LogP contribution is -2.44. The molecule has 3 heterocycles. The Kier molecular flexibility index (Phi) is 2.93. The lowest BCUT2D eigenvalue weighted by atomic mass is 9.99. The molecular weight excluding hydrogens is 242 g/mol. The van der Waals surface area contributed by atoms with E-state index in [1.54, 1.807) is 13.1 Å². The van der Waals surface area contributed by atoms with Gasteiger partial charge in [0.1, 0.15) is 5.82 Å². The van der Waals surface area contributed by atoms with E-state index in [1.807, 2.05) is 17.5 Å². The maximum atomic E-state index is 11.8. The Hall–Kier alpha value is -1.98. The van der Waals surface area contributed by atoms with Gasteiger partial charge < -0.3 is 4.90 Å². The molecule has 0 aliphatic carbocycles. The Balaban J connectivity index is 2.09. The molecule has 6 nitrogen and oxygen atoms in total. The second kappa shape index (κ2) is 4.60. The monoisotopic (exact) mass is 259 g/mol. The molecule has 1 aliphatic rings. The highest BCUT2D eigenvalue weighted by atomic mass is 16.1. The van der Waals surface area contributed by atoms with Crippen molar-refractivity contribution in [3.8, 4) is 0 Å². The molecule has 1 unspecified atom stereocenters. The van der Waals surface area contributed by atoms with Crippen molar-refractivity contribution in [1.29, 1.82) is 0 Å².